The van der Waals surface area contributed by atoms with Gasteiger partial charge >= 0.3 is 0 Å². The van der Waals surface area contributed by atoms with Gasteiger partial charge in [-0.3, -0.25) is 0 Å². The smallest absolute Gasteiger partial charge is 0.161 e. The molecule has 3 nitrogen and oxygen atoms in total. The minimum absolute atomic E-state index is 0. The van der Waals surface area contributed by atoms with Crippen LogP contribution in [-0.2, 0) is 13.2 Å². The number of halogens is 1. The first-order chi connectivity index (χ1) is 13.3. The number of benzene rings is 2. The molecule has 1 N–H and O–H groups in total. The fraction of sp³-hybridized carbons (Fsp3) is 0.417. The Bertz CT molecular complexity index is 773. The van der Waals surface area contributed by atoms with Crippen molar-refractivity contribution in [1.82, 2.24) is 5.32 Å². The van der Waals surface area contributed by atoms with Gasteiger partial charge in [0.25, 0.3) is 0 Å². The van der Waals surface area contributed by atoms with Crippen LogP contribution in [-0.4, -0.2) is 13.7 Å². The van der Waals surface area contributed by atoms with E-state index in [9.17, 15) is 0 Å². The van der Waals surface area contributed by atoms with Crippen LogP contribution in [0.4, 0.5) is 0 Å². The summed E-state index contributed by atoms with van der Waals surface area (Å²) in [7, 11) is 1.70. The lowest BCUT2D eigenvalue weighted by atomic mass is 9.97. The number of hydrogen-bond acceptors (Lipinski definition) is 3. The fourth-order valence-corrected chi connectivity index (χ4v) is 3.48. The van der Waals surface area contributed by atoms with Crippen molar-refractivity contribution in [1.29, 1.82) is 0 Å². The second kappa shape index (κ2) is 11.8. The topological polar surface area (TPSA) is 30.5 Å². The number of allylic oxidation sites excluding steroid dienone is 1. The van der Waals surface area contributed by atoms with E-state index in [0.717, 1.165) is 31.0 Å². The van der Waals surface area contributed by atoms with Crippen LogP contribution in [0.5, 0.6) is 11.5 Å². The van der Waals surface area contributed by atoms with Crippen molar-refractivity contribution < 1.29 is 9.47 Å². The molecule has 3 rings (SSSR count). The summed E-state index contributed by atoms with van der Waals surface area (Å²) in [4.78, 5) is 0. The molecule has 0 spiro atoms. The van der Waals surface area contributed by atoms with Crippen molar-refractivity contribution in [3.63, 3.8) is 0 Å². The highest BCUT2D eigenvalue weighted by atomic mass is 35.5. The van der Waals surface area contributed by atoms with Crippen LogP contribution in [0.1, 0.15) is 48.8 Å². The van der Waals surface area contributed by atoms with Gasteiger partial charge in [0, 0.05) is 6.54 Å². The van der Waals surface area contributed by atoms with Crippen LogP contribution in [0.25, 0.3) is 0 Å². The maximum Gasteiger partial charge on any atom is 0.161 e. The second-order valence-corrected chi connectivity index (χ2v) is 7.24. The molecule has 0 saturated carbocycles. The van der Waals surface area contributed by atoms with E-state index in [2.05, 4.69) is 42.6 Å². The Morgan fingerprint density at radius 1 is 1.04 bits per heavy atom. The SMILES string of the molecule is COc1cc(CNCCC2=CCCCC2)ccc1OCc1ccccc1C.Cl. The quantitative estimate of drug-likeness (QED) is 0.413. The maximum atomic E-state index is 6.00. The summed E-state index contributed by atoms with van der Waals surface area (Å²) in [5.74, 6) is 1.58. The third-order valence-electron chi connectivity index (χ3n) is 5.21. The maximum absolute atomic E-state index is 6.00. The van der Waals surface area contributed by atoms with Crippen molar-refractivity contribution in [2.45, 2.75) is 52.2 Å². The van der Waals surface area contributed by atoms with E-state index < -0.39 is 0 Å². The molecular weight excluding hydrogens is 370 g/mol. The van der Waals surface area contributed by atoms with Crippen LogP contribution < -0.4 is 14.8 Å². The Morgan fingerprint density at radius 3 is 2.64 bits per heavy atom. The molecule has 2 aromatic carbocycles. The molecular formula is C24H32ClNO2. The number of ether oxygens (including phenoxy) is 2. The molecule has 0 amide bonds. The second-order valence-electron chi connectivity index (χ2n) is 7.24. The number of hydrogen-bond donors (Lipinski definition) is 1. The van der Waals surface area contributed by atoms with E-state index in [1.807, 2.05) is 18.2 Å². The lowest BCUT2D eigenvalue weighted by Gasteiger charge is -2.14. The molecule has 0 unspecified atom stereocenters. The first-order valence-electron chi connectivity index (χ1n) is 9.99. The molecule has 0 heterocycles. The Morgan fingerprint density at radius 2 is 1.89 bits per heavy atom. The summed E-state index contributed by atoms with van der Waals surface area (Å²) in [6.45, 7) is 4.53. The molecule has 0 aliphatic heterocycles. The number of aryl methyl sites for hydroxylation is 1. The fourth-order valence-electron chi connectivity index (χ4n) is 3.48. The largest absolute Gasteiger partial charge is 0.493 e. The zero-order valence-corrected chi connectivity index (χ0v) is 17.8. The molecule has 4 heteroatoms. The third kappa shape index (κ3) is 6.57. The van der Waals surface area contributed by atoms with Gasteiger partial charge < -0.3 is 14.8 Å². The van der Waals surface area contributed by atoms with Gasteiger partial charge in [-0.25, -0.2) is 0 Å². The zero-order valence-electron chi connectivity index (χ0n) is 17.0. The lowest BCUT2D eigenvalue weighted by Crippen LogP contribution is -2.15. The molecule has 2 aromatic rings. The van der Waals surface area contributed by atoms with Gasteiger partial charge in [-0.05, 0) is 74.4 Å². The molecule has 152 valence electrons. The molecule has 0 radical (unpaired) electrons. The molecule has 1 aliphatic rings. The predicted molar refractivity (Wildman–Crippen MR) is 119 cm³/mol. The Labute approximate surface area is 175 Å². The van der Waals surface area contributed by atoms with Gasteiger partial charge in [0.2, 0.25) is 0 Å². The van der Waals surface area contributed by atoms with Crippen LogP contribution in [0, 0.1) is 6.92 Å². The first-order valence-corrected chi connectivity index (χ1v) is 9.99. The van der Waals surface area contributed by atoms with Crippen molar-refractivity contribution >= 4 is 12.4 Å². The molecule has 0 fully saturated rings. The summed E-state index contributed by atoms with van der Waals surface area (Å²) in [5, 5.41) is 3.55. The Hall–Kier alpha value is -1.97. The van der Waals surface area contributed by atoms with Crippen LogP contribution in [0.2, 0.25) is 0 Å². The average Bonchev–Trinajstić information content (AvgIpc) is 2.72. The van der Waals surface area contributed by atoms with E-state index in [1.165, 1.54) is 42.4 Å². The highest BCUT2D eigenvalue weighted by Gasteiger charge is 2.08. The van der Waals surface area contributed by atoms with Crippen molar-refractivity contribution in [2.24, 2.45) is 0 Å². The first kappa shape index (κ1) is 22.3. The summed E-state index contributed by atoms with van der Waals surface area (Å²) in [6, 6.07) is 14.5. The summed E-state index contributed by atoms with van der Waals surface area (Å²) < 4.78 is 11.5. The number of nitrogens with one attached hydrogen (secondary N) is 1. The Kier molecular flexibility index (Phi) is 9.39. The van der Waals surface area contributed by atoms with E-state index in [1.54, 1.807) is 12.7 Å². The van der Waals surface area contributed by atoms with Gasteiger partial charge in [-0.15, -0.1) is 12.4 Å². The molecule has 0 atom stereocenters. The zero-order chi connectivity index (χ0) is 18.9. The highest BCUT2D eigenvalue weighted by molar-refractivity contribution is 5.85. The van der Waals surface area contributed by atoms with Crippen molar-refractivity contribution in [3.05, 3.63) is 70.8 Å². The van der Waals surface area contributed by atoms with Gasteiger partial charge in [0.1, 0.15) is 6.61 Å². The van der Waals surface area contributed by atoms with Crippen LogP contribution in [0.3, 0.4) is 0 Å². The Balaban J connectivity index is 0.00000280. The summed E-state index contributed by atoms with van der Waals surface area (Å²) >= 11 is 0. The summed E-state index contributed by atoms with van der Waals surface area (Å²) in [6.07, 6.45) is 8.84. The van der Waals surface area contributed by atoms with Gasteiger partial charge in [0.15, 0.2) is 11.5 Å². The molecule has 0 bridgehead atoms. The summed E-state index contributed by atoms with van der Waals surface area (Å²) in [5.41, 5.74) is 5.27. The van der Waals surface area contributed by atoms with Crippen LogP contribution >= 0.6 is 12.4 Å². The van der Waals surface area contributed by atoms with E-state index in [-0.39, 0.29) is 12.4 Å². The standard InChI is InChI=1S/C24H31NO2.ClH/c1-19-8-6-7-11-22(19)18-27-23-13-12-21(16-24(23)26-2)17-25-15-14-20-9-4-3-5-10-20;/h6-9,11-13,16,25H,3-5,10,14-15,17-18H2,1-2H3;1H. The highest BCUT2D eigenvalue weighted by Crippen LogP contribution is 2.29. The van der Waals surface area contributed by atoms with Gasteiger partial charge in [-0.1, -0.05) is 42.0 Å². The minimum Gasteiger partial charge on any atom is -0.493 e. The van der Waals surface area contributed by atoms with Crippen molar-refractivity contribution in [3.8, 4) is 11.5 Å². The monoisotopic (exact) mass is 401 g/mol. The number of rotatable bonds is 9. The minimum atomic E-state index is 0. The van der Waals surface area contributed by atoms with E-state index in [0.29, 0.717) is 6.61 Å². The average molecular weight is 402 g/mol. The normalized spacial score (nSPS) is 13.4. The molecule has 1 aliphatic carbocycles. The lowest BCUT2D eigenvalue weighted by molar-refractivity contribution is 0.283. The molecule has 0 saturated heterocycles. The van der Waals surface area contributed by atoms with Gasteiger partial charge in [0.05, 0.1) is 7.11 Å². The molecule has 28 heavy (non-hydrogen) atoms. The van der Waals surface area contributed by atoms with E-state index in [4.69, 9.17) is 9.47 Å². The van der Waals surface area contributed by atoms with Crippen molar-refractivity contribution in [2.75, 3.05) is 13.7 Å². The van der Waals surface area contributed by atoms with Crippen LogP contribution in [0.15, 0.2) is 54.1 Å². The predicted octanol–water partition coefficient (Wildman–Crippen LogP) is 5.98. The van der Waals surface area contributed by atoms with E-state index >= 15 is 0 Å². The third-order valence-corrected chi connectivity index (χ3v) is 5.21. The van der Waals surface area contributed by atoms with Gasteiger partial charge in [-0.2, -0.15) is 0 Å². The molecule has 0 aromatic heterocycles. The number of methoxy groups -OCH3 is 1.